The van der Waals surface area contributed by atoms with E-state index in [2.05, 4.69) is 9.80 Å². The Labute approximate surface area is 178 Å². The Morgan fingerprint density at radius 2 is 1.87 bits per heavy atom. The minimum absolute atomic E-state index is 0.149. The third-order valence-electron chi connectivity index (χ3n) is 6.62. The van der Waals surface area contributed by atoms with Gasteiger partial charge >= 0.3 is 0 Å². The molecule has 3 aliphatic rings. The van der Waals surface area contributed by atoms with Crippen molar-refractivity contribution in [1.29, 1.82) is 0 Å². The Morgan fingerprint density at radius 3 is 2.50 bits per heavy atom. The smallest absolute Gasteiger partial charge is 0.242 e. The van der Waals surface area contributed by atoms with Crippen LogP contribution in [0.25, 0.3) is 0 Å². The maximum Gasteiger partial charge on any atom is 0.242 e. The number of fused-ring (bicyclic) bond motifs is 2. The normalized spacial score (nSPS) is 25.1. The van der Waals surface area contributed by atoms with E-state index in [9.17, 15) is 13.2 Å². The summed E-state index contributed by atoms with van der Waals surface area (Å²) in [7, 11) is -1.52. The van der Waals surface area contributed by atoms with E-state index >= 15 is 0 Å². The minimum atomic E-state index is -3.19. The molecule has 0 N–H and O–H groups in total. The van der Waals surface area contributed by atoms with E-state index < -0.39 is 9.84 Å². The third kappa shape index (κ3) is 4.01. The predicted molar refractivity (Wildman–Crippen MR) is 112 cm³/mol. The highest BCUT2D eigenvalue weighted by atomic mass is 32.2. The van der Waals surface area contributed by atoms with Gasteiger partial charge in [0.15, 0.2) is 9.84 Å². The van der Waals surface area contributed by atoms with Gasteiger partial charge in [0.25, 0.3) is 0 Å². The van der Waals surface area contributed by atoms with Crippen LogP contribution in [0.2, 0.25) is 0 Å². The van der Waals surface area contributed by atoms with Crippen LogP contribution >= 0.6 is 0 Å². The second-order valence-corrected chi connectivity index (χ2v) is 10.5. The summed E-state index contributed by atoms with van der Waals surface area (Å²) in [6, 6.07) is 6.90. The molecule has 1 aromatic carbocycles. The standard InChI is InChI=1S/C21H31N3O5S/c1-28-14-11-24-20(25)19-16-22(9-10-23(19)21(24)7-12-29-13-8-21)15-17-3-5-18(6-4-17)30(2,26)27/h3-6,19H,7-16H2,1-2H3/t19-/m1/s1. The monoisotopic (exact) mass is 437 g/mol. The first-order valence-electron chi connectivity index (χ1n) is 10.5. The molecule has 4 rings (SSSR count). The van der Waals surface area contributed by atoms with Gasteiger partial charge in [-0.15, -0.1) is 0 Å². The molecule has 9 heteroatoms. The van der Waals surface area contributed by atoms with Gasteiger partial charge in [-0.1, -0.05) is 12.1 Å². The Hall–Kier alpha value is -1.52. The lowest BCUT2D eigenvalue weighted by molar-refractivity contribution is -0.137. The molecular weight excluding hydrogens is 406 g/mol. The van der Waals surface area contributed by atoms with Gasteiger partial charge in [-0.05, 0) is 17.7 Å². The SMILES string of the molecule is COCCN1C(=O)[C@H]2CN(Cc3ccc(S(C)(=O)=O)cc3)CCN2C12CCOCC2. The molecule has 0 bridgehead atoms. The van der Waals surface area contributed by atoms with Crippen LogP contribution in [0.1, 0.15) is 18.4 Å². The lowest BCUT2D eigenvalue weighted by Crippen LogP contribution is -2.62. The van der Waals surface area contributed by atoms with Gasteiger partial charge in [0.05, 0.1) is 24.7 Å². The first-order valence-corrected chi connectivity index (χ1v) is 12.4. The molecule has 0 aromatic heterocycles. The van der Waals surface area contributed by atoms with Crippen LogP contribution in [-0.2, 0) is 30.7 Å². The lowest BCUT2D eigenvalue weighted by Gasteiger charge is -2.49. The molecule has 3 heterocycles. The van der Waals surface area contributed by atoms with Gasteiger partial charge < -0.3 is 14.4 Å². The number of sulfone groups is 1. The number of hydrogen-bond acceptors (Lipinski definition) is 7. The van der Waals surface area contributed by atoms with Gasteiger partial charge in [0.2, 0.25) is 5.91 Å². The summed E-state index contributed by atoms with van der Waals surface area (Å²) in [4.78, 5) is 20.4. The zero-order valence-electron chi connectivity index (χ0n) is 17.7. The summed E-state index contributed by atoms with van der Waals surface area (Å²) in [6.07, 6.45) is 2.90. The molecule has 3 saturated heterocycles. The second kappa shape index (κ2) is 8.55. The molecule has 1 amide bonds. The van der Waals surface area contributed by atoms with Crippen molar-refractivity contribution in [2.45, 2.75) is 36.0 Å². The number of carbonyl (C=O) groups is 1. The fraction of sp³-hybridized carbons (Fsp3) is 0.667. The number of piperazine rings is 1. The summed E-state index contributed by atoms with van der Waals surface area (Å²) >= 11 is 0. The Kier molecular flexibility index (Phi) is 6.18. The number of ether oxygens (including phenoxy) is 2. The largest absolute Gasteiger partial charge is 0.383 e. The Bertz CT molecular complexity index is 867. The molecule has 0 unspecified atom stereocenters. The highest BCUT2D eigenvalue weighted by Crippen LogP contribution is 2.41. The molecule has 166 valence electrons. The van der Waals surface area contributed by atoms with E-state index in [1.54, 1.807) is 19.2 Å². The molecule has 0 aliphatic carbocycles. The molecule has 3 fully saturated rings. The number of benzene rings is 1. The van der Waals surface area contributed by atoms with Crippen LogP contribution < -0.4 is 0 Å². The quantitative estimate of drug-likeness (QED) is 0.644. The topological polar surface area (TPSA) is 79.4 Å². The van der Waals surface area contributed by atoms with Crippen LogP contribution in [0.5, 0.6) is 0 Å². The first kappa shape index (κ1) is 21.7. The van der Waals surface area contributed by atoms with Crippen molar-refractivity contribution in [3.8, 4) is 0 Å². The maximum absolute atomic E-state index is 13.4. The number of methoxy groups -OCH3 is 1. The van der Waals surface area contributed by atoms with E-state index in [1.165, 1.54) is 6.26 Å². The summed E-state index contributed by atoms with van der Waals surface area (Å²) in [6.45, 7) is 5.58. The predicted octanol–water partition coefficient (Wildman–Crippen LogP) is 0.572. The van der Waals surface area contributed by atoms with Gasteiger partial charge in [-0.2, -0.15) is 0 Å². The average molecular weight is 438 g/mol. The van der Waals surface area contributed by atoms with Gasteiger partial charge in [0, 0.05) is 58.9 Å². The van der Waals surface area contributed by atoms with E-state index in [-0.39, 0.29) is 17.6 Å². The van der Waals surface area contributed by atoms with Crippen molar-refractivity contribution in [2.75, 3.05) is 59.4 Å². The van der Waals surface area contributed by atoms with Crippen LogP contribution in [0, 0.1) is 0 Å². The third-order valence-corrected chi connectivity index (χ3v) is 7.75. The Morgan fingerprint density at radius 1 is 1.17 bits per heavy atom. The van der Waals surface area contributed by atoms with Crippen molar-refractivity contribution in [3.05, 3.63) is 29.8 Å². The van der Waals surface area contributed by atoms with Crippen molar-refractivity contribution in [2.24, 2.45) is 0 Å². The molecule has 3 aliphatic heterocycles. The molecule has 8 nitrogen and oxygen atoms in total. The second-order valence-electron chi connectivity index (χ2n) is 8.44. The van der Waals surface area contributed by atoms with E-state index in [0.717, 1.165) is 31.5 Å². The molecular formula is C21H31N3O5S. The highest BCUT2D eigenvalue weighted by Gasteiger charge is 2.57. The summed E-state index contributed by atoms with van der Waals surface area (Å²) in [5, 5.41) is 0. The van der Waals surface area contributed by atoms with E-state index in [1.807, 2.05) is 17.0 Å². The number of rotatable bonds is 6. The van der Waals surface area contributed by atoms with Gasteiger partial charge in [-0.3, -0.25) is 14.6 Å². The summed E-state index contributed by atoms with van der Waals surface area (Å²) in [5.74, 6) is 0.186. The van der Waals surface area contributed by atoms with Crippen LogP contribution in [0.4, 0.5) is 0 Å². The van der Waals surface area contributed by atoms with Crippen molar-refractivity contribution >= 4 is 15.7 Å². The molecule has 30 heavy (non-hydrogen) atoms. The number of nitrogens with zero attached hydrogens (tertiary/aromatic N) is 3. The van der Waals surface area contributed by atoms with Gasteiger partial charge in [-0.25, -0.2) is 8.42 Å². The first-order chi connectivity index (χ1) is 14.3. The van der Waals surface area contributed by atoms with Gasteiger partial charge in [0.1, 0.15) is 11.7 Å². The van der Waals surface area contributed by atoms with Crippen LogP contribution in [0.15, 0.2) is 29.2 Å². The Balaban J connectivity index is 1.48. The minimum Gasteiger partial charge on any atom is -0.383 e. The zero-order chi connectivity index (χ0) is 21.4. The van der Waals surface area contributed by atoms with Crippen LogP contribution in [-0.4, -0.2) is 100 Å². The molecule has 1 aromatic rings. The average Bonchev–Trinajstić information content (AvgIpc) is 2.94. The zero-order valence-corrected chi connectivity index (χ0v) is 18.6. The molecule has 1 spiro atoms. The highest BCUT2D eigenvalue weighted by molar-refractivity contribution is 7.90. The molecule has 1 atom stereocenters. The molecule has 0 radical (unpaired) electrons. The van der Waals surface area contributed by atoms with Crippen molar-refractivity contribution < 1.29 is 22.7 Å². The number of hydrogen-bond donors (Lipinski definition) is 0. The van der Waals surface area contributed by atoms with Crippen LogP contribution in [0.3, 0.4) is 0 Å². The fourth-order valence-corrected chi connectivity index (χ4v) is 5.72. The number of carbonyl (C=O) groups excluding carboxylic acids is 1. The van der Waals surface area contributed by atoms with Crippen molar-refractivity contribution in [1.82, 2.24) is 14.7 Å². The summed E-state index contributed by atoms with van der Waals surface area (Å²) in [5.41, 5.74) is 0.806. The fourth-order valence-electron chi connectivity index (χ4n) is 5.09. The number of amides is 1. The lowest BCUT2D eigenvalue weighted by atomic mass is 9.96. The van der Waals surface area contributed by atoms with Crippen molar-refractivity contribution in [3.63, 3.8) is 0 Å². The molecule has 0 saturated carbocycles. The summed E-state index contributed by atoms with van der Waals surface area (Å²) < 4.78 is 34.2. The van der Waals surface area contributed by atoms with E-state index in [4.69, 9.17) is 9.47 Å². The van der Waals surface area contributed by atoms with E-state index in [0.29, 0.717) is 44.4 Å². The maximum atomic E-state index is 13.4.